The van der Waals surface area contributed by atoms with E-state index in [-0.39, 0.29) is 16.6 Å². The highest BCUT2D eigenvalue weighted by Gasteiger charge is 2.15. The van der Waals surface area contributed by atoms with Gasteiger partial charge in [-0.25, -0.2) is 13.1 Å². The first kappa shape index (κ1) is 17.3. The van der Waals surface area contributed by atoms with E-state index in [0.29, 0.717) is 31.7 Å². The highest BCUT2D eigenvalue weighted by molar-refractivity contribution is 7.89. The largest absolute Gasteiger partial charge is 0.466 e. The number of rotatable bonds is 8. The summed E-state index contributed by atoms with van der Waals surface area (Å²) in [7, 11) is -2.22. The van der Waals surface area contributed by atoms with Crippen molar-refractivity contribution < 1.29 is 17.9 Å². The van der Waals surface area contributed by atoms with E-state index in [0.717, 1.165) is 0 Å². The van der Waals surface area contributed by atoms with Gasteiger partial charge in [0.1, 0.15) is 4.90 Å². The summed E-state index contributed by atoms with van der Waals surface area (Å²) in [5, 5.41) is 3.08. The van der Waals surface area contributed by atoms with Crippen molar-refractivity contribution in [2.75, 3.05) is 31.2 Å². The van der Waals surface area contributed by atoms with E-state index in [4.69, 9.17) is 10.5 Å². The Balaban J connectivity index is 2.55. The van der Waals surface area contributed by atoms with E-state index in [1.165, 1.54) is 13.1 Å². The van der Waals surface area contributed by atoms with Crippen LogP contribution in [0.5, 0.6) is 0 Å². The molecular formula is C13H21N3O4S. The van der Waals surface area contributed by atoms with Crippen molar-refractivity contribution in [1.82, 2.24) is 4.72 Å². The summed E-state index contributed by atoms with van der Waals surface area (Å²) in [4.78, 5) is 11.2. The molecule has 0 saturated carbocycles. The topological polar surface area (TPSA) is 111 Å². The lowest BCUT2D eigenvalue weighted by atomic mass is 10.2. The standard InChI is InChI=1S/C13H21N3O4S/c1-3-20-13(17)5-4-8-16-10-6-7-12(11(14)9-10)21(18,19)15-2/h6-7,9,15-16H,3-5,8,14H2,1-2H3. The average molecular weight is 315 g/mol. The van der Waals surface area contributed by atoms with Gasteiger partial charge in [0.15, 0.2) is 0 Å². The summed E-state index contributed by atoms with van der Waals surface area (Å²) in [6.07, 6.45) is 0.956. The van der Waals surface area contributed by atoms with Crippen LogP contribution in [0.2, 0.25) is 0 Å². The summed E-state index contributed by atoms with van der Waals surface area (Å²) in [5.74, 6) is -0.228. The number of anilines is 2. The number of nitrogen functional groups attached to an aromatic ring is 1. The van der Waals surface area contributed by atoms with Crippen LogP contribution in [0.25, 0.3) is 0 Å². The molecule has 0 amide bonds. The van der Waals surface area contributed by atoms with Crippen molar-refractivity contribution >= 4 is 27.4 Å². The molecule has 0 atom stereocenters. The third-order valence-corrected chi connectivity index (χ3v) is 4.25. The normalized spacial score (nSPS) is 11.1. The first-order valence-electron chi connectivity index (χ1n) is 6.63. The van der Waals surface area contributed by atoms with Gasteiger partial charge >= 0.3 is 5.97 Å². The van der Waals surface area contributed by atoms with Gasteiger partial charge in [0.05, 0.1) is 12.3 Å². The van der Waals surface area contributed by atoms with Crippen LogP contribution >= 0.6 is 0 Å². The van der Waals surface area contributed by atoms with E-state index in [9.17, 15) is 13.2 Å². The molecule has 0 radical (unpaired) electrons. The van der Waals surface area contributed by atoms with Crippen LogP contribution in [0.15, 0.2) is 23.1 Å². The fourth-order valence-corrected chi connectivity index (χ4v) is 2.55. The van der Waals surface area contributed by atoms with Crippen molar-refractivity contribution in [3.63, 3.8) is 0 Å². The van der Waals surface area contributed by atoms with Crippen LogP contribution in [0, 0.1) is 0 Å². The van der Waals surface area contributed by atoms with Crippen molar-refractivity contribution in [2.45, 2.75) is 24.7 Å². The lowest BCUT2D eigenvalue weighted by molar-refractivity contribution is -0.143. The molecule has 21 heavy (non-hydrogen) atoms. The van der Waals surface area contributed by atoms with Gasteiger partial charge in [-0.3, -0.25) is 4.79 Å². The highest BCUT2D eigenvalue weighted by Crippen LogP contribution is 2.22. The molecule has 0 heterocycles. The summed E-state index contributed by atoms with van der Waals surface area (Å²) >= 11 is 0. The van der Waals surface area contributed by atoms with Crippen molar-refractivity contribution in [2.24, 2.45) is 0 Å². The number of esters is 1. The molecule has 118 valence electrons. The van der Waals surface area contributed by atoms with E-state index in [1.807, 2.05) is 0 Å². The maximum Gasteiger partial charge on any atom is 0.305 e. The Morgan fingerprint density at radius 3 is 2.67 bits per heavy atom. The third-order valence-electron chi connectivity index (χ3n) is 2.76. The quantitative estimate of drug-likeness (QED) is 0.374. The van der Waals surface area contributed by atoms with Crippen LogP contribution in [-0.2, 0) is 19.6 Å². The Hall–Kier alpha value is -1.80. The Kier molecular flexibility index (Phi) is 6.44. The molecule has 0 aliphatic rings. The zero-order valence-electron chi connectivity index (χ0n) is 12.2. The molecule has 1 aromatic rings. The van der Waals surface area contributed by atoms with Crippen LogP contribution in [0.3, 0.4) is 0 Å². The maximum absolute atomic E-state index is 11.7. The Labute approximate surface area is 124 Å². The van der Waals surface area contributed by atoms with Gasteiger partial charge in [-0.15, -0.1) is 0 Å². The molecule has 0 spiro atoms. The fourth-order valence-electron chi connectivity index (χ4n) is 1.71. The van der Waals surface area contributed by atoms with Gasteiger partial charge in [0, 0.05) is 18.7 Å². The van der Waals surface area contributed by atoms with E-state index >= 15 is 0 Å². The van der Waals surface area contributed by atoms with Crippen molar-refractivity contribution in [3.05, 3.63) is 18.2 Å². The minimum Gasteiger partial charge on any atom is -0.466 e. The third kappa shape index (κ3) is 5.24. The smallest absolute Gasteiger partial charge is 0.305 e. The van der Waals surface area contributed by atoms with Gasteiger partial charge in [-0.2, -0.15) is 0 Å². The summed E-state index contributed by atoms with van der Waals surface area (Å²) in [5.41, 5.74) is 6.61. The Morgan fingerprint density at radius 1 is 1.38 bits per heavy atom. The molecule has 0 aliphatic heterocycles. The number of hydrogen-bond donors (Lipinski definition) is 3. The molecule has 0 fully saturated rings. The van der Waals surface area contributed by atoms with Crippen LogP contribution in [-0.4, -0.2) is 34.6 Å². The molecule has 8 heteroatoms. The van der Waals surface area contributed by atoms with E-state index in [1.54, 1.807) is 19.1 Å². The number of nitrogens with two attached hydrogens (primary N) is 1. The van der Waals surface area contributed by atoms with Gasteiger partial charge in [0.2, 0.25) is 10.0 Å². The number of sulfonamides is 1. The lowest BCUT2D eigenvalue weighted by Gasteiger charge is -2.10. The Bertz CT molecular complexity index is 587. The van der Waals surface area contributed by atoms with Crippen LogP contribution in [0.4, 0.5) is 11.4 Å². The predicted molar refractivity (Wildman–Crippen MR) is 81.5 cm³/mol. The SMILES string of the molecule is CCOC(=O)CCCNc1ccc(S(=O)(=O)NC)c(N)c1. The number of hydrogen-bond acceptors (Lipinski definition) is 6. The molecule has 0 bridgehead atoms. The first-order chi connectivity index (χ1) is 9.90. The number of nitrogens with one attached hydrogen (secondary N) is 2. The van der Waals surface area contributed by atoms with Crippen LogP contribution in [0.1, 0.15) is 19.8 Å². The molecule has 1 rings (SSSR count). The second-order valence-corrected chi connectivity index (χ2v) is 6.15. The zero-order chi connectivity index (χ0) is 15.9. The zero-order valence-corrected chi connectivity index (χ0v) is 13.0. The average Bonchev–Trinajstić information content (AvgIpc) is 2.44. The number of carbonyl (C=O) groups is 1. The first-order valence-corrected chi connectivity index (χ1v) is 8.11. The molecular weight excluding hydrogens is 294 g/mol. The lowest BCUT2D eigenvalue weighted by Crippen LogP contribution is -2.20. The fraction of sp³-hybridized carbons (Fsp3) is 0.462. The monoisotopic (exact) mass is 315 g/mol. The van der Waals surface area contributed by atoms with Crippen molar-refractivity contribution in [1.29, 1.82) is 0 Å². The van der Waals surface area contributed by atoms with E-state index < -0.39 is 10.0 Å². The molecule has 1 aromatic carbocycles. The molecule has 0 aromatic heterocycles. The summed E-state index contributed by atoms with van der Waals surface area (Å²) < 4.78 is 30.4. The molecule has 4 N–H and O–H groups in total. The highest BCUT2D eigenvalue weighted by atomic mass is 32.2. The van der Waals surface area contributed by atoms with Gasteiger partial charge in [-0.1, -0.05) is 0 Å². The molecule has 0 aliphatic carbocycles. The summed E-state index contributed by atoms with van der Waals surface area (Å²) in [6, 6.07) is 4.62. The number of benzene rings is 1. The number of carbonyl (C=O) groups excluding carboxylic acids is 1. The van der Waals surface area contributed by atoms with Gasteiger partial charge in [0.25, 0.3) is 0 Å². The van der Waals surface area contributed by atoms with Crippen LogP contribution < -0.4 is 15.8 Å². The van der Waals surface area contributed by atoms with Gasteiger partial charge in [-0.05, 0) is 38.6 Å². The molecule has 7 nitrogen and oxygen atoms in total. The maximum atomic E-state index is 11.7. The second kappa shape index (κ2) is 7.84. The van der Waals surface area contributed by atoms with Crippen molar-refractivity contribution in [3.8, 4) is 0 Å². The Morgan fingerprint density at radius 2 is 2.10 bits per heavy atom. The molecule has 0 unspecified atom stereocenters. The number of ether oxygens (including phenoxy) is 1. The minimum atomic E-state index is -3.55. The second-order valence-electron chi connectivity index (χ2n) is 4.30. The van der Waals surface area contributed by atoms with E-state index in [2.05, 4.69) is 10.0 Å². The minimum absolute atomic E-state index is 0.0436. The van der Waals surface area contributed by atoms with Gasteiger partial charge < -0.3 is 15.8 Å². The molecule has 0 saturated heterocycles. The summed E-state index contributed by atoms with van der Waals surface area (Å²) in [6.45, 7) is 2.71. The predicted octanol–water partition coefficient (Wildman–Crippen LogP) is 0.932.